The first-order chi connectivity index (χ1) is 9.47. The molecule has 0 saturated heterocycles. The lowest BCUT2D eigenvalue weighted by atomic mass is 10.1. The third-order valence-electron chi connectivity index (χ3n) is 3.04. The zero-order valence-electron chi connectivity index (χ0n) is 11.0. The van der Waals surface area contributed by atoms with Gasteiger partial charge in [0.15, 0.2) is 0 Å². The second kappa shape index (κ2) is 6.05. The molecule has 0 aliphatic rings. The quantitative estimate of drug-likeness (QED) is 0.663. The highest BCUT2D eigenvalue weighted by Gasteiger charge is 2.07. The van der Waals surface area contributed by atoms with Gasteiger partial charge in [0, 0.05) is 29.3 Å². The van der Waals surface area contributed by atoms with Crippen molar-refractivity contribution < 1.29 is 4.39 Å². The SMILES string of the molecule is CN(Cc1ccc(F)cc1Br)c1ccc(C(=N)N)cc1. The molecule has 0 aliphatic carbocycles. The van der Waals surface area contributed by atoms with Gasteiger partial charge in [0.05, 0.1) is 0 Å². The molecule has 0 aromatic heterocycles. The number of benzene rings is 2. The molecule has 0 atom stereocenters. The molecule has 3 N–H and O–H groups in total. The van der Waals surface area contributed by atoms with Gasteiger partial charge < -0.3 is 10.6 Å². The van der Waals surface area contributed by atoms with Crippen LogP contribution >= 0.6 is 15.9 Å². The van der Waals surface area contributed by atoms with E-state index in [0.29, 0.717) is 12.1 Å². The average molecular weight is 336 g/mol. The minimum atomic E-state index is -0.255. The first-order valence-electron chi connectivity index (χ1n) is 6.07. The van der Waals surface area contributed by atoms with Gasteiger partial charge >= 0.3 is 0 Å². The number of anilines is 1. The second-order valence-electron chi connectivity index (χ2n) is 4.55. The summed E-state index contributed by atoms with van der Waals surface area (Å²) >= 11 is 3.37. The van der Waals surface area contributed by atoms with Gasteiger partial charge in [-0.2, -0.15) is 0 Å². The summed E-state index contributed by atoms with van der Waals surface area (Å²) in [6.45, 7) is 0.653. The van der Waals surface area contributed by atoms with Gasteiger partial charge in [0.1, 0.15) is 11.7 Å². The molecule has 0 aliphatic heterocycles. The summed E-state index contributed by atoms with van der Waals surface area (Å²) in [6.07, 6.45) is 0. The Labute approximate surface area is 125 Å². The Morgan fingerprint density at radius 2 is 1.90 bits per heavy atom. The van der Waals surface area contributed by atoms with Crippen LogP contribution in [-0.4, -0.2) is 12.9 Å². The van der Waals surface area contributed by atoms with Crippen LogP contribution in [0.5, 0.6) is 0 Å². The minimum Gasteiger partial charge on any atom is -0.384 e. The highest BCUT2D eigenvalue weighted by molar-refractivity contribution is 9.10. The smallest absolute Gasteiger partial charge is 0.124 e. The summed E-state index contributed by atoms with van der Waals surface area (Å²) in [5.74, 6) is -0.199. The molecule has 2 aromatic rings. The number of nitrogens with one attached hydrogen (secondary N) is 1. The highest BCUT2D eigenvalue weighted by Crippen LogP contribution is 2.22. The van der Waals surface area contributed by atoms with Crippen LogP contribution in [0.25, 0.3) is 0 Å². The topological polar surface area (TPSA) is 53.1 Å². The lowest BCUT2D eigenvalue weighted by Gasteiger charge is -2.20. The standard InChI is InChI=1S/C15H15BrFN3/c1-20(9-11-2-5-12(17)8-14(11)16)13-6-3-10(4-7-13)15(18)19/h2-8H,9H2,1H3,(H3,18,19). The van der Waals surface area contributed by atoms with Gasteiger partial charge in [-0.05, 0) is 42.0 Å². The molecular formula is C15H15BrFN3. The van der Waals surface area contributed by atoms with E-state index in [4.69, 9.17) is 11.1 Å². The number of nitrogens with zero attached hydrogens (tertiary/aromatic N) is 1. The van der Waals surface area contributed by atoms with E-state index in [1.54, 1.807) is 6.07 Å². The van der Waals surface area contributed by atoms with Gasteiger partial charge in [0.2, 0.25) is 0 Å². The van der Waals surface area contributed by atoms with Crippen molar-refractivity contribution in [2.24, 2.45) is 5.73 Å². The summed E-state index contributed by atoms with van der Waals surface area (Å²) in [6, 6.07) is 12.1. The van der Waals surface area contributed by atoms with Crippen LogP contribution in [0.4, 0.5) is 10.1 Å². The third kappa shape index (κ3) is 3.36. The van der Waals surface area contributed by atoms with Crippen LogP contribution in [0, 0.1) is 11.2 Å². The molecule has 0 saturated carbocycles. The number of amidine groups is 1. The van der Waals surface area contributed by atoms with Crippen molar-refractivity contribution in [2.75, 3.05) is 11.9 Å². The molecule has 2 aromatic carbocycles. The fourth-order valence-electron chi connectivity index (χ4n) is 1.89. The van der Waals surface area contributed by atoms with Crippen LogP contribution in [0.2, 0.25) is 0 Å². The lowest BCUT2D eigenvalue weighted by molar-refractivity contribution is 0.625. The van der Waals surface area contributed by atoms with Gasteiger partial charge in [0.25, 0.3) is 0 Å². The molecule has 20 heavy (non-hydrogen) atoms. The number of hydrogen-bond donors (Lipinski definition) is 2. The van der Waals surface area contributed by atoms with E-state index in [1.807, 2.05) is 36.2 Å². The van der Waals surface area contributed by atoms with Crippen LogP contribution in [-0.2, 0) is 6.54 Å². The Bertz CT molecular complexity index is 626. The average Bonchev–Trinajstić information content (AvgIpc) is 2.42. The fraction of sp³-hybridized carbons (Fsp3) is 0.133. The number of nitrogens with two attached hydrogens (primary N) is 1. The van der Waals surface area contributed by atoms with Gasteiger partial charge in [-0.3, -0.25) is 5.41 Å². The Hall–Kier alpha value is -1.88. The molecule has 5 heteroatoms. The van der Waals surface area contributed by atoms with Gasteiger partial charge in [-0.1, -0.05) is 22.0 Å². The van der Waals surface area contributed by atoms with E-state index >= 15 is 0 Å². The van der Waals surface area contributed by atoms with E-state index in [0.717, 1.165) is 15.7 Å². The van der Waals surface area contributed by atoms with Crippen molar-refractivity contribution in [1.82, 2.24) is 0 Å². The molecule has 0 spiro atoms. The highest BCUT2D eigenvalue weighted by atomic mass is 79.9. The predicted molar refractivity (Wildman–Crippen MR) is 83.7 cm³/mol. The second-order valence-corrected chi connectivity index (χ2v) is 5.41. The van der Waals surface area contributed by atoms with Crippen LogP contribution in [0.15, 0.2) is 46.9 Å². The van der Waals surface area contributed by atoms with E-state index < -0.39 is 0 Å². The van der Waals surface area contributed by atoms with Crippen molar-refractivity contribution in [1.29, 1.82) is 5.41 Å². The van der Waals surface area contributed by atoms with E-state index in [2.05, 4.69) is 15.9 Å². The molecule has 0 fully saturated rings. The number of nitrogen functional groups attached to an aromatic ring is 1. The van der Waals surface area contributed by atoms with Crippen molar-refractivity contribution in [3.8, 4) is 0 Å². The molecule has 2 rings (SSSR count). The summed E-state index contributed by atoms with van der Waals surface area (Å²) in [5, 5.41) is 7.36. The van der Waals surface area contributed by atoms with E-state index in [1.165, 1.54) is 12.1 Å². The van der Waals surface area contributed by atoms with E-state index in [9.17, 15) is 4.39 Å². The normalized spacial score (nSPS) is 10.3. The first kappa shape index (κ1) is 14.5. The first-order valence-corrected chi connectivity index (χ1v) is 6.86. The Morgan fingerprint density at radius 1 is 1.25 bits per heavy atom. The van der Waals surface area contributed by atoms with Crippen molar-refractivity contribution in [3.63, 3.8) is 0 Å². The Morgan fingerprint density at radius 3 is 2.45 bits per heavy atom. The minimum absolute atomic E-state index is 0.0560. The zero-order chi connectivity index (χ0) is 14.7. The summed E-state index contributed by atoms with van der Waals surface area (Å²) < 4.78 is 13.8. The predicted octanol–water partition coefficient (Wildman–Crippen LogP) is 3.51. The zero-order valence-corrected chi connectivity index (χ0v) is 12.6. The number of halogens is 2. The molecular weight excluding hydrogens is 321 g/mol. The Kier molecular flexibility index (Phi) is 4.39. The number of rotatable bonds is 4. The summed E-state index contributed by atoms with van der Waals surface area (Å²) in [5.41, 5.74) is 8.13. The van der Waals surface area contributed by atoms with Crippen molar-refractivity contribution in [3.05, 3.63) is 63.9 Å². The molecule has 0 heterocycles. The maximum absolute atomic E-state index is 13.1. The maximum atomic E-state index is 13.1. The summed E-state index contributed by atoms with van der Waals surface area (Å²) in [4.78, 5) is 2.04. The van der Waals surface area contributed by atoms with Crippen molar-refractivity contribution >= 4 is 27.5 Å². The van der Waals surface area contributed by atoms with Crippen LogP contribution < -0.4 is 10.6 Å². The monoisotopic (exact) mass is 335 g/mol. The van der Waals surface area contributed by atoms with Crippen LogP contribution in [0.1, 0.15) is 11.1 Å². The third-order valence-corrected chi connectivity index (χ3v) is 3.78. The van der Waals surface area contributed by atoms with Crippen molar-refractivity contribution in [2.45, 2.75) is 6.54 Å². The maximum Gasteiger partial charge on any atom is 0.124 e. The number of hydrogen-bond acceptors (Lipinski definition) is 2. The molecule has 0 radical (unpaired) electrons. The lowest BCUT2D eigenvalue weighted by Crippen LogP contribution is -2.17. The van der Waals surface area contributed by atoms with E-state index in [-0.39, 0.29) is 11.7 Å². The summed E-state index contributed by atoms with van der Waals surface area (Å²) in [7, 11) is 1.96. The molecule has 0 amide bonds. The molecule has 0 bridgehead atoms. The molecule has 3 nitrogen and oxygen atoms in total. The molecule has 0 unspecified atom stereocenters. The van der Waals surface area contributed by atoms with Gasteiger partial charge in [-0.15, -0.1) is 0 Å². The van der Waals surface area contributed by atoms with Gasteiger partial charge in [-0.25, -0.2) is 4.39 Å². The fourth-order valence-corrected chi connectivity index (χ4v) is 2.37. The molecule has 104 valence electrons. The Balaban J connectivity index is 2.15. The largest absolute Gasteiger partial charge is 0.384 e. The van der Waals surface area contributed by atoms with Crippen LogP contribution in [0.3, 0.4) is 0 Å².